The highest BCUT2D eigenvalue weighted by Gasteiger charge is 2.12. The number of nitrogens with two attached hydrogens (primary N) is 1. The van der Waals surface area contributed by atoms with E-state index in [4.69, 9.17) is 5.73 Å². The van der Waals surface area contributed by atoms with E-state index in [-0.39, 0.29) is 18.0 Å². The van der Waals surface area contributed by atoms with Crippen LogP contribution >= 0.6 is 0 Å². The van der Waals surface area contributed by atoms with Crippen molar-refractivity contribution in [3.63, 3.8) is 0 Å². The van der Waals surface area contributed by atoms with Crippen LogP contribution in [0.25, 0.3) is 0 Å². The first-order valence-electron chi connectivity index (χ1n) is 3.73. The molecule has 1 aromatic carbocycles. The van der Waals surface area contributed by atoms with Gasteiger partial charge in [-0.15, -0.1) is 0 Å². The molecule has 5 nitrogen and oxygen atoms in total. The van der Waals surface area contributed by atoms with E-state index >= 15 is 0 Å². The van der Waals surface area contributed by atoms with Crippen LogP contribution in [0.15, 0.2) is 12.1 Å². The molecule has 0 saturated carbocycles. The first-order chi connectivity index (χ1) is 6.06. The molecule has 3 N–H and O–H groups in total. The highest BCUT2D eigenvalue weighted by molar-refractivity contribution is 5.48. The van der Waals surface area contributed by atoms with Gasteiger partial charge in [-0.3, -0.25) is 10.1 Å². The fraction of sp³-hybridized carbons (Fsp3) is 0.250. The summed E-state index contributed by atoms with van der Waals surface area (Å²) < 4.78 is 0. The van der Waals surface area contributed by atoms with Gasteiger partial charge in [0.15, 0.2) is 0 Å². The van der Waals surface area contributed by atoms with Crippen LogP contribution in [0.1, 0.15) is 11.1 Å². The number of rotatable bonds is 2. The molecule has 13 heavy (non-hydrogen) atoms. The molecule has 0 amide bonds. The number of benzene rings is 1. The Morgan fingerprint density at radius 2 is 2.23 bits per heavy atom. The number of aromatic hydroxyl groups is 1. The summed E-state index contributed by atoms with van der Waals surface area (Å²) in [6.07, 6.45) is 0. The van der Waals surface area contributed by atoms with Crippen molar-refractivity contribution >= 4 is 5.69 Å². The molecule has 0 aliphatic carbocycles. The van der Waals surface area contributed by atoms with E-state index in [0.29, 0.717) is 11.1 Å². The predicted molar refractivity (Wildman–Crippen MR) is 47.4 cm³/mol. The van der Waals surface area contributed by atoms with E-state index in [1.54, 1.807) is 6.92 Å². The smallest absolute Gasteiger partial charge is 0.270 e. The lowest BCUT2D eigenvalue weighted by molar-refractivity contribution is -0.385. The lowest BCUT2D eigenvalue weighted by atomic mass is 10.1. The third kappa shape index (κ3) is 1.75. The molecule has 1 rings (SSSR count). The summed E-state index contributed by atoms with van der Waals surface area (Å²) >= 11 is 0. The average molecular weight is 182 g/mol. The van der Waals surface area contributed by atoms with E-state index in [0.717, 1.165) is 0 Å². The largest absolute Gasteiger partial charge is 0.507 e. The zero-order chi connectivity index (χ0) is 10.0. The third-order valence-electron chi connectivity index (χ3n) is 1.79. The molecule has 0 radical (unpaired) electrons. The maximum Gasteiger partial charge on any atom is 0.270 e. The second-order valence-electron chi connectivity index (χ2n) is 2.73. The minimum Gasteiger partial charge on any atom is -0.507 e. The van der Waals surface area contributed by atoms with Crippen LogP contribution in [0, 0.1) is 17.0 Å². The zero-order valence-corrected chi connectivity index (χ0v) is 7.15. The van der Waals surface area contributed by atoms with Crippen molar-refractivity contribution in [1.82, 2.24) is 0 Å². The molecule has 0 saturated heterocycles. The van der Waals surface area contributed by atoms with Gasteiger partial charge in [0.2, 0.25) is 0 Å². The van der Waals surface area contributed by atoms with Gasteiger partial charge in [-0.1, -0.05) is 0 Å². The van der Waals surface area contributed by atoms with Gasteiger partial charge in [0.1, 0.15) is 5.75 Å². The number of nitrogens with zero attached hydrogens (tertiary/aromatic N) is 1. The first kappa shape index (κ1) is 9.47. The lowest BCUT2D eigenvalue weighted by Crippen LogP contribution is -1.99. The van der Waals surface area contributed by atoms with Crippen LogP contribution in [-0.4, -0.2) is 10.0 Å². The normalized spacial score (nSPS) is 10.0. The van der Waals surface area contributed by atoms with Crippen LogP contribution < -0.4 is 5.73 Å². The minimum atomic E-state index is -0.508. The molecule has 0 unspecified atom stereocenters. The molecule has 0 aliphatic rings. The number of phenols is 1. The summed E-state index contributed by atoms with van der Waals surface area (Å²) in [4.78, 5) is 9.91. The van der Waals surface area contributed by atoms with E-state index in [2.05, 4.69) is 0 Å². The van der Waals surface area contributed by atoms with Crippen molar-refractivity contribution in [3.8, 4) is 5.75 Å². The van der Waals surface area contributed by atoms with Gasteiger partial charge in [-0.05, 0) is 12.5 Å². The van der Waals surface area contributed by atoms with E-state index < -0.39 is 4.92 Å². The summed E-state index contributed by atoms with van der Waals surface area (Å²) in [7, 11) is 0. The topological polar surface area (TPSA) is 89.4 Å². The molecular formula is C8H10N2O3. The Morgan fingerprint density at radius 1 is 1.62 bits per heavy atom. The summed E-state index contributed by atoms with van der Waals surface area (Å²) in [5.74, 6) is 0.0353. The highest BCUT2D eigenvalue weighted by atomic mass is 16.6. The van der Waals surface area contributed by atoms with Crippen molar-refractivity contribution in [2.24, 2.45) is 5.73 Å². The van der Waals surface area contributed by atoms with E-state index in [1.807, 2.05) is 0 Å². The monoisotopic (exact) mass is 182 g/mol. The van der Waals surface area contributed by atoms with E-state index in [9.17, 15) is 15.2 Å². The standard InChI is InChI=1S/C8H10N2O3/c1-5-2-7(10(12)13)3-6(4-9)8(5)11/h2-3,11H,4,9H2,1H3. The Hall–Kier alpha value is -1.62. The molecule has 0 aliphatic heterocycles. The van der Waals surface area contributed by atoms with Crippen LogP contribution in [0.4, 0.5) is 5.69 Å². The summed E-state index contributed by atoms with van der Waals surface area (Å²) in [5, 5.41) is 19.8. The molecule has 0 heterocycles. The third-order valence-corrected chi connectivity index (χ3v) is 1.79. The second-order valence-corrected chi connectivity index (χ2v) is 2.73. The van der Waals surface area contributed by atoms with Crippen LogP contribution in [0.2, 0.25) is 0 Å². The molecule has 0 bridgehead atoms. The molecular weight excluding hydrogens is 172 g/mol. The molecule has 1 aromatic rings. The molecule has 70 valence electrons. The second kappa shape index (κ2) is 3.40. The van der Waals surface area contributed by atoms with Gasteiger partial charge >= 0.3 is 0 Å². The number of hydrogen-bond donors (Lipinski definition) is 2. The fourth-order valence-corrected chi connectivity index (χ4v) is 1.09. The maximum absolute atomic E-state index is 10.4. The number of nitro groups is 1. The number of hydrogen-bond acceptors (Lipinski definition) is 4. The van der Waals surface area contributed by atoms with Gasteiger partial charge in [-0.2, -0.15) is 0 Å². The molecule has 0 aromatic heterocycles. The minimum absolute atomic E-state index is 0.0353. The Bertz CT molecular complexity index is 349. The van der Waals surface area contributed by atoms with Crippen molar-refractivity contribution < 1.29 is 10.0 Å². The Labute approximate surface area is 74.9 Å². The fourth-order valence-electron chi connectivity index (χ4n) is 1.09. The average Bonchev–Trinajstić information content (AvgIpc) is 2.09. The van der Waals surface area contributed by atoms with Crippen LogP contribution in [0.5, 0.6) is 5.75 Å². The van der Waals surface area contributed by atoms with Crippen LogP contribution in [0.3, 0.4) is 0 Å². The van der Waals surface area contributed by atoms with Crippen molar-refractivity contribution in [3.05, 3.63) is 33.4 Å². The number of aryl methyl sites for hydroxylation is 1. The van der Waals surface area contributed by atoms with Gasteiger partial charge in [0.05, 0.1) is 4.92 Å². The van der Waals surface area contributed by atoms with Gasteiger partial charge in [0, 0.05) is 24.2 Å². The lowest BCUT2D eigenvalue weighted by Gasteiger charge is -2.04. The number of phenolic OH excluding ortho intramolecular Hbond substituents is 1. The van der Waals surface area contributed by atoms with Gasteiger partial charge < -0.3 is 10.8 Å². The SMILES string of the molecule is Cc1cc([N+](=O)[O-])cc(CN)c1O. The summed E-state index contributed by atoms with van der Waals surface area (Å²) in [6, 6.07) is 2.59. The van der Waals surface area contributed by atoms with Crippen molar-refractivity contribution in [1.29, 1.82) is 0 Å². The molecule has 0 fully saturated rings. The zero-order valence-electron chi connectivity index (χ0n) is 7.15. The number of nitro benzene ring substituents is 1. The van der Waals surface area contributed by atoms with Crippen LogP contribution in [-0.2, 0) is 6.54 Å². The van der Waals surface area contributed by atoms with Gasteiger partial charge in [-0.25, -0.2) is 0 Å². The quantitative estimate of drug-likeness (QED) is 0.528. The Kier molecular flexibility index (Phi) is 2.48. The summed E-state index contributed by atoms with van der Waals surface area (Å²) in [6.45, 7) is 1.69. The highest BCUT2D eigenvalue weighted by Crippen LogP contribution is 2.26. The van der Waals surface area contributed by atoms with Crippen molar-refractivity contribution in [2.75, 3.05) is 0 Å². The maximum atomic E-state index is 10.4. The molecule has 5 heteroatoms. The van der Waals surface area contributed by atoms with Crippen molar-refractivity contribution in [2.45, 2.75) is 13.5 Å². The Morgan fingerprint density at radius 3 is 2.69 bits per heavy atom. The number of non-ortho nitro benzene ring substituents is 1. The van der Waals surface area contributed by atoms with Gasteiger partial charge in [0.25, 0.3) is 5.69 Å². The molecule has 0 spiro atoms. The molecule has 0 atom stereocenters. The Balaban J connectivity index is 3.30. The summed E-state index contributed by atoms with van der Waals surface area (Å²) in [5.41, 5.74) is 6.12. The predicted octanol–water partition coefficient (Wildman–Crippen LogP) is 1.07. The van der Waals surface area contributed by atoms with E-state index in [1.165, 1.54) is 12.1 Å². The first-order valence-corrected chi connectivity index (χ1v) is 3.73.